The number of non-ortho nitro benzene ring substituents is 1. The van der Waals surface area contributed by atoms with Crippen molar-refractivity contribution >= 4 is 39.4 Å². The monoisotopic (exact) mass is 426 g/mol. The number of hydrogen-bond acceptors (Lipinski definition) is 4. The molecule has 3 rings (SSSR count). The molecule has 1 N–H and O–H groups in total. The van der Waals surface area contributed by atoms with E-state index in [1.807, 2.05) is 24.3 Å². The summed E-state index contributed by atoms with van der Waals surface area (Å²) in [4.78, 5) is 22.4. The zero-order chi connectivity index (χ0) is 19.2. The minimum Gasteiger partial charge on any atom is -0.307 e. The second kappa shape index (κ2) is 8.41. The number of halogens is 1. The van der Waals surface area contributed by atoms with Crippen LogP contribution in [0.15, 0.2) is 71.3 Å². The minimum atomic E-state index is -0.466. The highest BCUT2D eigenvalue weighted by molar-refractivity contribution is 9.10. The molecule has 0 atom stereocenters. The van der Waals surface area contributed by atoms with Gasteiger partial charge in [-0.25, -0.2) is 4.68 Å². The molecule has 136 valence electrons. The number of benzene rings is 2. The van der Waals surface area contributed by atoms with Gasteiger partial charge in [-0.2, -0.15) is 5.10 Å². The molecule has 2 aromatic carbocycles. The smallest absolute Gasteiger partial charge is 0.269 e. The number of anilines is 1. The van der Waals surface area contributed by atoms with Crippen molar-refractivity contribution in [3.05, 3.63) is 92.6 Å². The van der Waals surface area contributed by atoms with Crippen LogP contribution in [0.25, 0.3) is 6.08 Å². The molecule has 0 spiro atoms. The molecule has 0 saturated heterocycles. The summed E-state index contributed by atoms with van der Waals surface area (Å²) in [6, 6.07) is 15.5. The summed E-state index contributed by atoms with van der Waals surface area (Å²) in [7, 11) is 0. The van der Waals surface area contributed by atoms with Crippen molar-refractivity contribution in [3.63, 3.8) is 0 Å². The van der Waals surface area contributed by atoms with E-state index in [0.717, 1.165) is 10.0 Å². The first-order valence-electron chi connectivity index (χ1n) is 8.01. The molecule has 0 saturated carbocycles. The Kier molecular flexibility index (Phi) is 5.77. The predicted octanol–water partition coefficient (Wildman–Crippen LogP) is 4.25. The summed E-state index contributed by atoms with van der Waals surface area (Å²) in [5.74, 6) is 0.256. The van der Waals surface area contributed by atoms with E-state index in [4.69, 9.17) is 0 Å². The number of nitrogens with zero attached hydrogens (tertiary/aromatic N) is 3. The fraction of sp³-hybridized carbons (Fsp3) is 0.0526. The van der Waals surface area contributed by atoms with Gasteiger partial charge < -0.3 is 5.32 Å². The number of nitro benzene ring substituents is 1. The summed E-state index contributed by atoms with van der Waals surface area (Å²) >= 11 is 3.50. The second-order valence-electron chi connectivity index (χ2n) is 5.64. The normalized spacial score (nSPS) is 10.9. The molecule has 0 unspecified atom stereocenters. The molecule has 0 radical (unpaired) electrons. The SMILES string of the molecule is O=C(/C=C/c1ccc([N+](=O)[O-])cc1)Nc1ccnn1Cc1ccccc1Br. The van der Waals surface area contributed by atoms with Crippen molar-refractivity contribution in [1.82, 2.24) is 9.78 Å². The molecule has 1 aromatic heterocycles. The second-order valence-corrected chi connectivity index (χ2v) is 6.49. The van der Waals surface area contributed by atoms with Crippen molar-refractivity contribution in [2.45, 2.75) is 6.54 Å². The van der Waals surface area contributed by atoms with Crippen LogP contribution in [0.1, 0.15) is 11.1 Å². The summed E-state index contributed by atoms with van der Waals surface area (Å²) in [5.41, 5.74) is 1.74. The molecule has 0 aliphatic carbocycles. The number of carbonyl (C=O) groups is 1. The Balaban J connectivity index is 1.65. The van der Waals surface area contributed by atoms with Crippen LogP contribution >= 0.6 is 15.9 Å². The van der Waals surface area contributed by atoms with Crippen molar-refractivity contribution in [2.24, 2.45) is 0 Å². The summed E-state index contributed by atoms with van der Waals surface area (Å²) in [6.07, 6.45) is 4.58. The van der Waals surface area contributed by atoms with E-state index in [1.54, 1.807) is 35.2 Å². The molecule has 0 bridgehead atoms. The third-order valence-electron chi connectivity index (χ3n) is 3.78. The predicted molar refractivity (Wildman–Crippen MR) is 106 cm³/mol. The Labute approximate surface area is 163 Å². The van der Waals surface area contributed by atoms with Gasteiger partial charge >= 0.3 is 0 Å². The molecule has 27 heavy (non-hydrogen) atoms. The van der Waals surface area contributed by atoms with E-state index >= 15 is 0 Å². The lowest BCUT2D eigenvalue weighted by Gasteiger charge is -2.09. The molecule has 8 heteroatoms. The van der Waals surface area contributed by atoms with Crippen molar-refractivity contribution in [3.8, 4) is 0 Å². The van der Waals surface area contributed by atoms with Crippen LogP contribution < -0.4 is 5.32 Å². The molecule has 0 aliphatic heterocycles. The molecular weight excluding hydrogens is 412 g/mol. The summed E-state index contributed by atoms with van der Waals surface area (Å²) in [5, 5.41) is 17.7. The van der Waals surface area contributed by atoms with Crippen LogP contribution in [-0.2, 0) is 11.3 Å². The minimum absolute atomic E-state index is 0.00701. The molecule has 1 heterocycles. The van der Waals surface area contributed by atoms with E-state index in [9.17, 15) is 14.9 Å². The number of amides is 1. The van der Waals surface area contributed by atoms with Crippen LogP contribution in [0, 0.1) is 10.1 Å². The first kappa shape index (κ1) is 18.5. The Morgan fingerprint density at radius 3 is 2.63 bits per heavy atom. The Bertz CT molecular complexity index is 996. The largest absolute Gasteiger partial charge is 0.307 e. The summed E-state index contributed by atoms with van der Waals surface area (Å²) in [6.45, 7) is 0.510. The van der Waals surface area contributed by atoms with Gasteiger partial charge in [-0.1, -0.05) is 34.1 Å². The van der Waals surface area contributed by atoms with Gasteiger partial charge in [0.05, 0.1) is 17.7 Å². The van der Waals surface area contributed by atoms with Crippen molar-refractivity contribution in [2.75, 3.05) is 5.32 Å². The highest BCUT2D eigenvalue weighted by Gasteiger charge is 2.08. The summed E-state index contributed by atoms with van der Waals surface area (Å²) < 4.78 is 2.66. The lowest BCUT2D eigenvalue weighted by atomic mass is 10.2. The first-order valence-corrected chi connectivity index (χ1v) is 8.81. The van der Waals surface area contributed by atoms with E-state index in [2.05, 4.69) is 26.3 Å². The number of aromatic nitrogens is 2. The lowest BCUT2D eigenvalue weighted by molar-refractivity contribution is -0.384. The number of hydrogen-bond donors (Lipinski definition) is 1. The van der Waals surface area contributed by atoms with E-state index in [0.29, 0.717) is 17.9 Å². The molecular formula is C19H15BrN4O3. The fourth-order valence-electron chi connectivity index (χ4n) is 2.40. The van der Waals surface area contributed by atoms with E-state index in [1.165, 1.54) is 18.2 Å². The zero-order valence-electron chi connectivity index (χ0n) is 14.1. The van der Waals surface area contributed by atoms with Crippen LogP contribution in [0.2, 0.25) is 0 Å². The highest BCUT2D eigenvalue weighted by Crippen LogP contribution is 2.19. The average Bonchev–Trinajstić information content (AvgIpc) is 3.09. The van der Waals surface area contributed by atoms with E-state index < -0.39 is 4.92 Å². The third-order valence-corrected chi connectivity index (χ3v) is 4.55. The maximum atomic E-state index is 12.2. The zero-order valence-corrected chi connectivity index (χ0v) is 15.7. The first-order chi connectivity index (χ1) is 13.0. The Morgan fingerprint density at radius 2 is 1.93 bits per heavy atom. The molecule has 3 aromatic rings. The lowest BCUT2D eigenvalue weighted by Crippen LogP contribution is -2.14. The van der Waals surface area contributed by atoms with Crippen LogP contribution in [0.3, 0.4) is 0 Å². The van der Waals surface area contributed by atoms with Gasteiger partial charge in [0.1, 0.15) is 5.82 Å². The Morgan fingerprint density at radius 1 is 1.19 bits per heavy atom. The topological polar surface area (TPSA) is 90.1 Å². The van der Waals surface area contributed by atoms with Gasteiger partial charge in [-0.05, 0) is 35.4 Å². The number of carbonyl (C=O) groups excluding carboxylic acids is 1. The number of nitro groups is 1. The van der Waals surface area contributed by atoms with Crippen LogP contribution in [-0.4, -0.2) is 20.6 Å². The number of rotatable bonds is 6. The van der Waals surface area contributed by atoms with Gasteiger partial charge in [-0.15, -0.1) is 0 Å². The average molecular weight is 427 g/mol. The molecule has 7 nitrogen and oxygen atoms in total. The van der Waals surface area contributed by atoms with Gasteiger partial charge in [0, 0.05) is 28.7 Å². The van der Waals surface area contributed by atoms with Crippen LogP contribution in [0.5, 0.6) is 0 Å². The molecule has 1 amide bonds. The molecule has 0 aliphatic rings. The van der Waals surface area contributed by atoms with Crippen molar-refractivity contribution in [1.29, 1.82) is 0 Å². The van der Waals surface area contributed by atoms with Gasteiger partial charge in [0.2, 0.25) is 5.91 Å². The standard InChI is InChI=1S/C19H15BrN4O3/c20-17-4-2-1-3-15(17)13-23-18(11-12-21-23)22-19(25)10-7-14-5-8-16(9-6-14)24(26)27/h1-12H,13H2,(H,22,25)/b10-7+. The quantitative estimate of drug-likeness (QED) is 0.362. The maximum absolute atomic E-state index is 12.2. The van der Waals surface area contributed by atoms with E-state index in [-0.39, 0.29) is 11.6 Å². The maximum Gasteiger partial charge on any atom is 0.269 e. The molecule has 0 fully saturated rings. The van der Waals surface area contributed by atoms with Crippen molar-refractivity contribution < 1.29 is 9.72 Å². The fourth-order valence-corrected chi connectivity index (χ4v) is 2.81. The van der Waals surface area contributed by atoms with Gasteiger partial charge in [0.15, 0.2) is 0 Å². The van der Waals surface area contributed by atoms with Gasteiger partial charge in [0.25, 0.3) is 5.69 Å². The highest BCUT2D eigenvalue weighted by atomic mass is 79.9. The van der Waals surface area contributed by atoms with Crippen LogP contribution in [0.4, 0.5) is 11.5 Å². The van der Waals surface area contributed by atoms with Gasteiger partial charge in [-0.3, -0.25) is 14.9 Å². The third kappa shape index (κ3) is 4.89. The number of nitrogens with one attached hydrogen (secondary N) is 1. The Hall–Kier alpha value is -3.26.